The number of likely N-dealkylation sites (tertiary alicyclic amines) is 1. The van der Waals surface area contributed by atoms with Crippen molar-refractivity contribution in [3.05, 3.63) is 0 Å². The van der Waals surface area contributed by atoms with Gasteiger partial charge in [-0.3, -0.25) is 9.69 Å². The third-order valence-electron chi connectivity index (χ3n) is 2.82. The van der Waals surface area contributed by atoms with Gasteiger partial charge in [0.1, 0.15) is 0 Å². The molecule has 0 spiro atoms. The zero-order valence-corrected chi connectivity index (χ0v) is 10.0. The second-order valence-electron chi connectivity index (χ2n) is 5.39. The summed E-state index contributed by atoms with van der Waals surface area (Å²) in [6, 6.07) is 0. The third kappa shape index (κ3) is 4.18. The summed E-state index contributed by atoms with van der Waals surface area (Å²) in [5, 5.41) is 2.84. The molecule has 1 saturated heterocycles. The lowest BCUT2D eigenvalue weighted by Crippen LogP contribution is -2.52. The van der Waals surface area contributed by atoms with Gasteiger partial charge in [-0.25, -0.2) is 0 Å². The molecule has 1 unspecified atom stereocenters. The molecular weight excluding hydrogens is 190 g/mol. The van der Waals surface area contributed by atoms with Gasteiger partial charge in [0.05, 0.1) is 12.7 Å². The number of carbonyl (C=O) groups excluding carboxylic acids is 1. The Bertz CT molecular complexity index is 216. The highest BCUT2D eigenvalue weighted by atomic mass is 16.2. The van der Waals surface area contributed by atoms with Gasteiger partial charge in [0, 0.05) is 0 Å². The van der Waals surface area contributed by atoms with Crippen LogP contribution in [-0.2, 0) is 4.79 Å². The first-order valence-electron chi connectivity index (χ1n) is 5.67. The van der Waals surface area contributed by atoms with Crippen molar-refractivity contribution in [3.8, 4) is 0 Å². The van der Waals surface area contributed by atoms with Gasteiger partial charge in [0.2, 0.25) is 5.91 Å². The van der Waals surface area contributed by atoms with Gasteiger partial charge < -0.3 is 11.1 Å². The number of nitrogens with zero attached hydrogens (tertiary/aromatic N) is 1. The smallest absolute Gasteiger partial charge is 0.235 e. The monoisotopic (exact) mass is 213 g/mol. The standard InChI is InChI=1S/C11H23N3O/c1-11(2,3)10(12)13-9(15)8-14-6-4-5-7-14/h10H,4-8,12H2,1-3H3,(H,13,15). The Morgan fingerprint density at radius 2 is 1.93 bits per heavy atom. The average Bonchev–Trinajstić information content (AvgIpc) is 2.54. The minimum Gasteiger partial charge on any atom is -0.339 e. The van der Waals surface area contributed by atoms with Gasteiger partial charge in [0.15, 0.2) is 0 Å². The van der Waals surface area contributed by atoms with Crippen molar-refractivity contribution in [3.63, 3.8) is 0 Å². The number of amides is 1. The predicted octanol–water partition coefficient (Wildman–Crippen LogP) is 0.529. The van der Waals surface area contributed by atoms with E-state index in [2.05, 4.69) is 10.2 Å². The molecular formula is C11H23N3O. The van der Waals surface area contributed by atoms with E-state index in [4.69, 9.17) is 5.73 Å². The van der Waals surface area contributed by atoms with Gasteiger partial charge in [-0.2, -0.15) is 0 Å². The van der Waals surface area contributed by atoms with Crippen molar-refractivity contribution < 1.29 is 4.79 Å². The van der Waals surface area contributed by atoms with E-state index < -0.39 is 0 Å². The molecule has 1 rings (SSSR count). The van der Waals surface area contributed by atoms with E-state index in [1.807, 2.05) is 20.8 Å². The van der Waals surface area contributed by atoms with Crippen LogP contribution >= 0.6 is 0 Å². The van der Waals surface area contributed by atoms with Crippen LogP contribution in [0.5, 0.6) is 0 Å². The van der Waals surface area contributed by atoms with Crippen molar-refractivity contribution in [1.82, 2.24) is 10.2 Å². The molecule has 4 heteroatoms. The number of nitrogens with one attached hydrogen (secondary N) is 1. The van der Waals surface area contributed by atoms with Crippen molar-refractivity contribution in [2.45, 2.75) is 39.8 Å². The average molecular weight is 213 g/mol. The predicted molar refractivity (Wildman–Crippen MR) is 61.2 cm³/mol. The molecule has 0 radical (unpaired) electrons. The molecule has 0 aliphatic carbocycles. The largest absolute Gasteiger partial charge is 0.339 e. The van der Waals surface area contributed by atoms with Crippen LogP contribution in [-0.4, -0.2) is 36.6 Å². The molecule has 3 N–H and O–H groups in total. The van der Waals surface area contributed by atoms with E-state index in [1.165, 1.54) is 12.8 Å². The third-order valence-corrected chi connectivity index (χ3v) is 2.82. The summed E-state index contributed by atoms with van der Waals surface area (Å²) >= 11 is 0. The summed E-state index contributed by atoms with van der Waals surface area (Å²) in [6.45, 7) is 8.63. The highest BCUT2D eigenvalue weighted by molar-refractivity contribution is 5.78. The molecule has 1 aliphatic rings. The molecule has 15 heavy (non-hydrogen) atoms. The Balaban J connectivity index is 2.29. The topological polar surface area (TPSA) is 58.4 Å². The Kier molecular flexibility index (Phi) is 4.11. The molecule has 1 fully saturated rings. The van der Waals surface area contributed by atoms with Crippen LogP contribution in [0.2, 0.25) is 0 Å². The zero-order chi connectivity index (χ0) is 11.5. The van der Waals surface area contributed by atoms with Crippen molar-refractivity contribution in [1.29, 1.82) is 0 Å². The summed E-state index contributed by atoms with van der Waals surface area (Å²) in [5.41, 5.74) is 5.79. The minimum atomic E-state index is -0.271. The summed E-state index contributed by atoms with van der Waals surface area (Å²) in [5.74, 6) is 0.0410. The summed E-state index contributed by atoms with van der Waals surface area (Å²) in [7, 11) is 0. The first-order chi connectivity index (χ1) is 6.89. The zero-order valence-electron chi connectivity index (χ0n) is 10.0. The van der Waals surface area contributed by atoms with Gasteiger partial charge in [-0.1, -0.05) is 20.8 Å². The molecule has 1 heterocycles. The maximum Gasteiger partial charge on any atom is 0.235 e. The minimum absolute atomic E-state index is 0.0410. The molecule has 0 aromatic heterocycles. The fraction of sp³-hybridized carbons (Fsp3) is 0.909. The number of nitrogens with two attached hydrogens (primary N) is 1. The molecule has 0 aromatic rings. The Morgan fingerprint density at radius 1 is 1.40 bits per heavy atom. The molecule has 88 valence electrons. The van der Waals surface area contributed by atoms with E-state index in [1.54, 1.807) is 0 Å². The first kappa shape index (κ1) is 12.5. The Morgan fingerprint density at radius 3 is 2.40 bits per heavy atom. The number of hydrogen-bond acceptors (Lipinski definition) is 3. The molecule has 1 amide bonds. The van der Waals surface area contributed by atoms with Crippen molar-refractivity contribution >= 4 is 5.91 Å². The maximum atomic E-state index is 11.6. The Labute approximate surface area is 92.2 Å². The van der Waals surface area contributed by atoms with E-state index in [9.17, 15) is 4.79 Å². The first-order valence-corrected chi connectivity index (χ1v) is 5.67. The molecule has 0 aromatic carbocycles. The van der Waals surface area contributed by atoms with E-state index in [0.29, 0.717) is 6.54 Å². The quantitative estimate of drug-likeness (QED) is 0.672. The normalized spacial score (nSPS) is 20.3. The second kappa shape index (κ2) is 4.94. The fourth-order valence-electron chi connectivity index (χ4n) is 1.58. The highest BCUT2D eigenvalue weighted by Crippen LogP contribution is 2.15. The van der Waals surface area contributed by atoms with Crippen LogP contribution in [0.1, 0.15) is 33.6 Å². The second-order valence-corrected chi connectivity index (χ2v) is 5.39. The summed E-state index contributed by atoms with van der Waals surface area (Å²) < 4.78 is 0. The summed E-state index contributed by atoms with van der Waals surface area (Å²) in [4.78, 5) is 13.8. The van der Waals surface area contributed by atoms with Crippen molar-refractivity contribution in [2.75, 3.05) is 19.6 Å². The lowest BCUT2D eigenvalue weighted by atomic mass is 9.93. The maximum absolute atomic E-state index is 11.6. The van der Waals surface area contributed by atoms with Crippen LogP contribution in [0.25, 0.3) is 0 Å². The number of carbonyl (C=O) groups is 1. The summed E-state index contributed by atoms with van der Waals surface area (Å²) in [6.07, 6.45) is 2.14. The lowest BCUT2D eigenvalue weighted by molar-refractivity contribution is -0.123. The molecule has 0 bridgehead atoms. The molecule has 4 nitrogen and oxygen atoms in total. The van der Waals surface area contributed by atoms with Gasteiger partial charge in [0.25, 0.3) is 0 Å². The lowest BCUT2D eigenvalue weighted by Gasteiger charge is -2.28. The van der Waals surface area contributed by atoms with Crippen molar-refractivity contribution in [2.24, 2.45) is 11.1 Å². The molecule has 1 atom stereocenters. The van der Waals surface area contributed by atoms with Crippen LogP contribution in [0.4, 0.5) is 0 Å². The molecule has 1 aliphatic heterocycles. The van der Waals surface area contributed by atoms with E-state index in [-0.39, 0.29) is 17.5 Å². The van der Waals surface area contributed by atoms with Crippen LogP contribution < -0.4 is 11.1 Å². The van der Waals surface area contributed by atoms with Gasteiger partial charge in [-0.15, -0.1) is 0 Å². The van der Waals surface area contributed by atoms with Crippen LogP contribution in [0.15, 0.2) is 0 Å². The SMILES string of the molecule is CC(C)(C)C(N)NC(=O)CN1CCCC1. The van der Waals surface area contributed by atoms with E-state index in [0.717, 1.165) is 13.1 Å². The number of hydrogen-bond donors (Lipinski definition) is 2. The fourth-order valence-corrected chi connectivity index (χ4v) is 1.58. The highest BCUT2D eigenvalue weighted by Gasteiger charge is 2.23. The van der Waals surface area contributed by atoms with E-state index >= 15 is 0 Å². The Hall–Kier alpha value is -0.610. The van der Waals surface area contributed by atoms with Crippen LogP contribution in [0.3, 0.4) is 0 Å². The van der Waals surface area contributed by atoms with Gasteiger partial charge >= 0.3 is 0 Å². The molecule has 0 saturated carbocycles. The van der Waals surface area contributed by atoms with Crippen LogP contribution in [0, 0.1) is 5.41 Å². The number of rotatable bonds is 3. The van der Waals surface area contributed by atoms with Gasteiger partial charge in [-0.05, 0) is 31.3 Å².